The molecule has 0 fully saturated rings. The van der Waals surface area contributed by atoms with Crippen LogP contribution in [0, 0.1) is 12.1 Å². The van der Waals surface area contributed by atoms with Crippen LogP contribution >= 0.6 is 0 Å². The Hall–Kier alpha value is -2.61. The van der Waals surface area contributed by atoms with Crippen LogP contribution in [0.5, 0.6) is 0 Å². The topological polar surface area (TPSA) is 25.8 Å². The third kappa shape index (κ3) is 4.57. The fraction of sp³-hybridized carbons (Fsp3) is 0.0833. The van der Waals surface area contributed by atoms with Gasteiger partial charge in [0.1, 0.15) is 0 Å². The van der Waals surface area contributed by atoms with Gasteiger partial charge >= 0.3 is 0 Å². The molecule has 0 amide bonds. The molecule has 1 aliphatic carbocycles. The van der Waals surface area contributed by atoms with Crippen LogP contribution in [0.2, 0.25) is 0 Å². The van der Waals surface area contributed by atoms with Crippen molar-refractivity contribution in [1.82, 2.24) is 9.97 Å². The SMILES string of the molecule is [Ir].[c-]1cccc2c1-c1ncccc1CC2.[c-]1ccccc1-c1ccccn1. The average Bonchev–Trinajstić information content (AvgIpc) is 2.75. The zero-order chi connectivity index (χ0) is 17.6. The van der Waals surface area contributed by atoms with Gasteiger partial charge in [-0.05, 0) is 29.9 Å². The summed E-state index contributed by atoms with van der Waals surface area (Å²) in [5, 5.41) is 0. The summed E-state index contributed by atoms with van der Waals surface area (Å²) in [6.07, 6.45) is 5.87. The molecule has 0 atom stereocenters. The zero-order valence-electron chi connectivity index (χ0n) is 14.7. The number of nitrogens with zero attached hydrogens (tertiary/aromatic N) is 2. The minimum absolute atomic E-state index is 0. The van der Waals surface area contributed by atoms with Crippen molar-refractivity contribution >= 4 is 0 Å². The third-order valence-corrected chi connectivity index (χ3v) is 4.38. The second-order valence-electron chi connectivity index (χ2n) is 6.07. The van der Waals surface area contributed by atoms with Crippen LogP contribution < -0.4 is 0 Å². The van der Waals surface area contributed by atoms with Crippen molar-refractivity contribution in [2.24, 2.45) is 0 Å². The molecule has 1 radical (unpaired) electrons. The second-order valence-corrected chi connectivity index (χ2v) is 6.07. The Labute approximate surface area is 173 Å². The van der Waals surface area contributed by atoms with Crippen LogP contribution in [-0.2, 0) is 32.9 Å². The summed E-state index contributed by atoms with van der Waals surface area (Å²) >= 11 is 0. The van der Waals surface area contributed by atoms with Gasteiger partial charge in [0.15, 0.2) is 0 Å². The van der Waals surface area contributed by atoms with Crippen molar-refractivity contribution in [2.75, 3.05) is 0 Å². The number of fused-ring (bicyclic) bond motifs is 3. The Morgan fingerprint density at radius 3 is 2.26 bits per heavy atom. The van der Waals surface area contributed by atoms with Gasteiger partial charge in [0, 0.05) is 32.5 Å². The summed E-state index contributed by atoms with van der Waals surface area (Å²) in [4.78, 5) is 8.65. The monoisotopic (exact) mass is 527 g/mol. The first-order valence-corrected chi connectivity index (χ1v) is 8.74. The van der Waals surface area contributed by atoms with Gasteiger partial charge in [-0.1, -0.05) is 30.2 Å². The van der Waals surface area contributed by atoms with Crippen molar-refractivity contribution in [3.05, 3.63) is 108 Å². The first-order chi connectivity index (χ1) is 12.9. The zero-order valence-corrected chi connectivity index (χ0v) is 17.1. The van der Waals surface area contributed by atoms with Gasteiger partial charge in [-0.3, -0.25) is 0 Å². The van der Waals surface area contributed by atoms with Crippen LogP contribution in [0.4, 0.5) is 0 Å². The molecule has 2 nitrogen and oxygen atoms in total. The summed E-state index contributed by atoms with van der Waals surface area (Å²) in [6, 6.07) is 30.4. The van der Waals surface area contributed by atoms with Gasteiger partial charge in [-0.25, -0.2) is 0 Å². The molecule has 0 aliphatic heterocycles. The van der Waals surface area contributed by atoms with Crippen molar-refractivity contribution in [3.63, 3.8) is 0 Å². The van der Waals surface area contributed by atoms with Crippen LogP contribution in [0.15, 0.2) is 85.2 Å². The van der Waals surface area contributed by atoms with Crippen LogP contribution in [0.1, 0.15) is 11.1 Å². The molecular weight excluding hydrogens is 508 g/mol. The fourth-order valence-corrected chi connectivity index (χ4v) is 3.11. The van der Waals surface area contributed by atoms with Gasteiger partial charge in [0.05, 0.1) is 0 Å². The van der Waals surface area contributed by atoms with E-state index in [0.29, 0.717) is 0 Å². The van der Waals surface area contributed by atoms with Crippen LogP contribution in [0.3, 0.4) is 0 Å². The number of benzene rings is 2. The van der Waals surface area contributed by atoms with E-state index in [1.165, 1.54) is 16.7 Å². The largest absolute Gasteiger partial charge is 0.305 e. The number of rotatable bonds is 1. The summed E-state index contributed by atoms with van der Waals surface area (Å²) in [7, 11) is 0. The molecule has 4 aromatic rings. The average molecular weight is 527 g/mol. The number of hydrogen-bond donors (Lipinski definition) is 0. The molecule has 2 aromatic carbocycles. The molecular formula is C24H18IrN2-2. The van der Waals surface area contributed by atoms with E-state index in [1.807, 2.05) is 66.9 Å². The van der Waals surface area contributed by atoms with Gasteiger partial charge < -0.3 is 9.97 Å². The normalized spacial score (nSPS) is 11.1. The smallest absolute Gasteiger partial charge is 0.0160 e. The molecule has 0 saturated heterocycles. The van der Waals surface area contributed by atoms with Crippen molar-refractivity contribution < 1.29 is 20.1 Å². The standard InChI is InChI=1S/C13H10N.C11H8N.Ir/c1-2-6-12-10(4-1)7-8-11-5-3-9-14-13(11)12;1-2-6-10(7-3-1)11-8-4-5-9-12-11;/h1-5,9H,7-8H2;1-6,8-9H;/q2*-1;. The Morgan fingerprint density at radius 2 is 1.44 bits per heavy atom. The molecule has 27 heavy (non-hydrogen) atoms. The molecule has 0 unspecified atom stereocenters. The quantitative estimate of drug-likeness (QED) is 0.319. The maximum absolute atomic E-state index is 4.43. The van der Waals surface area contributed by atoms with Gasteiger partial charge in [-0.15, -0.1) is 71.3 Å². The molecule has 0 spiro atoms. The van der Waals surface area contributed by atoms with E-state index in [0.717, 1.165) is 29.8 Å². The van der Waals surface area contributed by atoms with Crippen LogP contribution in [0.25, 0.3) is 22.5 Å². The maximum atomic E-state index is 4.43. The van der Waals surface area contributed by atoms with E-state index >= 15 is 0 Å². The number of hydrogen-bond acceptors (Lipinski definition) is 2. The van der Waals surface area contributed by atoms with E-state index in [1.54, 1.807) is 6.20 Å². The Morgan fingerprint density at radius 1 is 0.667 bits per heavy atom. The van der Waals surface area contributed by atoms with E-state index < -0.39 is 0 Å². The molecule has 5 rings (SSSR count). The minimum Gasteiger partial charge on any atom is -0.305 e. The predicted molar refractivity (Wildman–Crippen MR) is 104 cm³/mol. The van der Waals surface area contributed by atoms with Gasteiger partial charge in [0.25, 0.3) is 0 Å². The number of aromatic nitrogens is 2. The van der Waals surface area contributed by atoms with E-state index in [-0.39, 0.29) is 20.1 Å². The minimum atomic E-state index is 0. The molecule has 3 heteroatoms. The Bertz CT molecular complexity index is 902. The van der Waals surface area contributed by atoms with E-state index in [2.05, 4.69) is 34.2 Å². The van der Waals surface area contributed by atoms with E-state index in [9.17, 15) is 0 Å². The maximum Gasteiger partial charge on any atom is 0.0160 e. The molecule has 0 N–H and O–H groups in total. The Balaban J connectivity index is 0.000000152. The predicted octanol–water partition coefficient (Wildman–Crippen LogP) is 5.19. The first kappa shape index (κ1) is 19.2. The van der Waals surface area contributed by atoms with Crippen molar-refractivity contribution in [1.29, 1.82) is 0 Å². The molecule has 2 aromatic heterocycles. The second kappa shape index (κ2) is 9.36. The summed E-state index contributed by atoms with van der Waals surface area (Å²) in [6.45, 7) is 0. The summed E-state index contributed by atoms with van der Waals surface area (Å²) in [5.41, 5.74) is 7.04. The fourth-order valence-electron chi connectivity index (χ4n) is 3.11. The number of aryl methyl sites for hydroxylation is 2. The van der Waals surface area contributed by atoms with Gasteiger partial charge in [-0.2, -0.15) is 0 Å². The van der Waals surface area contributed by atoms with Crippen molar-refractivity contribution in [3.8, 4) is 22.5 Å². The van der Waals surface area contributed by atoms with E-state index in [4.69, 9.17) is 0 Å². The molecule has 0 bridgehead atoms. The molecule has 0 saturated carbocycles. The van der Waals surface area contributed by atoms with Crippen LogP contribution in [-0.4, -0.2) is 9.97 Å². The molecule has 2 heterocycles. The summed E-state index contributed by atoms with van der Waals surface area (Å²) in [5.74, 6) is 0. The molecule has 1 aliphatic rings. The van der Waals surface area contributed by atoms with Gasteiger partial charge in [0.2, 0.25) is 0 Å². The third-order valence-electron chi connectivity index (χ3n) is 4.38. The van der Waals surface area contributed by atoms with Crippen molar-refractivity contribution in [2.45, 2.75) is 12.8 Å². The molecule has 135 valence electrons. The first-order valence-electron chi connectivity index (χ1n) is 8.74. The Kier molecular flexibility index (Phi) is 6.64. The summed E-state index contributed by atoms with van der Waals surface area (Å²) < 4.78 is 0. The number of pyridine rings is 2.